The van der Waals surface area contributed by atoms with Crippen molar-refractivity contribution in [2.45, 2.75) is 17.9 Å². The molecular formula is C14H15FN2O4S. The Bertz CT molecular complexity index is 712. The summed E-state index contributed by atoms with van der Waals surface area (Å²) in [6, 6.07) is 7.87. The molecule has 0 spiro atoms. The van der Waals surface area contributed by atoms with Crippen molar-refractivity contribution in [2.24, 2.45) is 0 Å². The number of furan rings is 1. The lowest BCUT2D eigenvalue weighted by atomic mass is 10.4. The average Bonchev–Trinajstić information content (AvgIpc) is 2.99. The number of sulfonamides is 1. The van der Waals surface area contributed by atoms with Gasteiger partial charge in [0.2, 0.25) is 15.9 Å². The fourth-order valence-corrected chi connectivity index (χ4v) is 2.72. The van der Waals surface area contributed by atoms with E-state index in [1.54, 1.807) is 12.1 Å². The highest BCUT2D eigenvalue weighted by Crippen LogP contribution is 2.09. The summed E-state index contributed by atoms with van der Waals surface area (Å²) in [6.45, 7) is 0.195. The Morgan fingerprint density at radius 3 is 2.55 bits per heavy atom. The molecule has 1 heterocycles. The minimum absolute atomic E-state index is 0.0128. The molecule has 0 aliphatic heterocycles. The van der Waals surface area contributed by atoms with Crippen LogP contribution < -0.4 is 10.0 Å². The molecule has 0 aliphatic rings. The fourth-order valence-electron chi connectivity index (χ4n) is 1.68. The Balaban J connectivity index is 1.77. The summed E-state index contributed by atoms with van der Waals surface area (Å²) < 4.78 is 43.9. The van der Waals surface area contributed by atoms with Crippen LogP contribution >= 0.6 is 0 Å². The summed E-state index contributed by atoms with van der Waals surface area (Å²) in [5.41, 5.74) is 0. The van der Waals surface area contributed by atoms with Crippen LogP contribution in [-0.4, -0.2) is 20.9 Å². The first-order valence-electron chi connectivity index (χ1n) is 6.52. The van der Waals surface area contributed by atoms with Gasteiger partial charge in [0.1, 0.15) is 11.6 Å². The second kappa shape index (κ2) is 7.19. The molecule has 0 unspecified atom stereocenters. The standard InChI is InChI=1S/C14H15FN2O4S/c15-11-3-5-13(6-4-11)22(19,20)17-8-7-14(18)16-10-12-2-1-9-21-12/h1-6,9,17H,7-8,10H2,(H,16,18). The second-order valence-electron chi connectivity index (χ2n) is 4.46. The highest BCUT2D eigenvalue weighted by atomic mass is 32.2. The number of carbonyl (C=O) groups excluding carboxylic acids is 1. The van der Waals surface area contributed by atoms with Crippen LogP contribution in [-0.2, 0) is 21.4 Å². The quantitative estimate of drug-likeness (QED) is 0.805. The van der Waals surface area contributed by atoms with Crippen molar-refractivity contribution in [3.05, 3.63) is 54.2 Å². The third-order valence-electron chi connectivity index (χ3n) is 2.81. The average molecular weight is 326 g/mol. The molecule has 0 atom stereocenters. The number of carbonyl (C=O) groups is 1. The van der Waals surface area contributed by atoms with Gasteiger partial charge in [-0.2, -0.15) is 0 Å². The van der Waals surface area contributed by atoms with Crippen LogP contribution in [0.15, 0.2) is 52.0 Å². The van der Waals surface area contributed by atoms with E-state index in [2.05, 4.69) is 10.0 Å². The number of hydrogen-bond donors (Lipinski definition) is 2. The zero-order valence-electron chi connectivity index (χ0n) is 11.6. The number of nitrogens with one attached hydrogen (secondary N) is 2. The van der Waals surface area contributed by atoms with E-state index >= 15 is 0 Å². The third-order valence-corrected chi connectivity index (χ3v) is 4.28. The molecule has 1 aromatic carbocycles. The number of hydrogen-bond acceptors (Lipinski definition) is 4. The first kappa shape index (κ1) is 16.2. The maximum atomic E-state index is 12.8. The van der Waals surface area contributed by atoms with Crippen molar-refractivity contribution in [3.63, 3.8) is 0 Å². The van der Waals surface area contributed by atoms with E-state index in [1.165, 1.54) is 6.26 Å². The lowest BCUT2D eigenvalue weighted by Crippen LogP contribution is -2.30. The van der Waals surface area contributed by atoms with Crippen molar-refractivity contribution in [1.82, 2.24) is 10.0 Å². The zero-order valence-corrected chi connectivity index (χ0v) is 12.4. The molecule has 1 aromatic heterocycles. The van der Waals surface area contributed by atoms with Gasteiger partial charge in [-0.1, -0.05) is 0 Å². The number of amides is 1. The van der Waals surface area contributed by atoms with Crippen LogP contribution in [0.25, 0.3) is 0 Å². The number of halogens is 1. The van der Waals surface area contributed by atoms with Crippen LogP contribution in [0.3, 0.4) is 0 Å². The summed E-state index contributed by atoms with van der Waals surface area (Å²) in [6.07, 6.45) is 1.49. The van der Waals surface area contributed by atoms with Crippen LogP contribution in [0, 0.1) is 5.82 Å². The highest BCUT2D eigenvalue weighted by Gasteiger charge is 2.14. The smallest absolute Gasteiger partial charge is 0.240 e. The van der Waals surface area contributed by atoms with Gasteiger partial charge in [0.05, 0.1) is 17.7 Å². The summed E-state index contributed by atoms with van der Waals surface area (Å²) in [7, 11) is -3.75. The van der Waals surface area contributed by atoms with Crippen molar-refractivity contribution in [2.75, 3.05) is 6.54 Å². The van der Waals surface area contributed by atoms with E-state index in [4.69, 9.17) is 4.42 Å². The monoisotopic (exact) mass is 326 g/mol. The van der Waals surface area contributed by atoms with Crippen LogP contribution in [0.4, 0.5) is 4.39 Å². The van der Waals surface area contributed by atoms with Gasteiger partial charge in [0, 0.05) is 13.0 Å². The van der Waals surface area contributed by atoms with Crippen LogP contribution in [0.5, 0.6) is 0 Å². The van der Waals surface area contributed by atoms with Gasteiger partial charge in [-0.3, -0.25) is 4.79 Å². The molecule has 0 fully saturated rings. The lowest BCUT2D eigenvalue weighted by molar-refractivity contribution is -0.121. The lowest BCUT2D eigenvalue weighted by Gasteiger charge is -2.07. The van der Waals surface area contributed by atoms with Gasteiger partial charge >= 0.3 is 0 Å². The molecule has 2 rings (SSSR count). The van der Waals surface area contributed by atoms with Crippen LogP contribution in [0.2, 0.25) is 0 Å². The van der Waals surface area contributed by atoms with Crippen molar-refractivity contribution in [1.29, 1.82) is 0 Å². The molecule has 0 radical (unpaired) electrons. The zero-order chi connectivity index (χ0) is 16.0. The maximum Gasteiger partial charge on any atom is 0.240 e. The molecule has 22 heavy (non-hydrogen) atoms. The summed E-state index contributed by atoms with van der Waals surface area (Å²) in [4.78, 5) is 11.5. The summed E-state index contributed by atoms with van der Waals surface area (Å²) >= 11 is 0. The molecule has 2 N–H and O–H groups in total. The largest absolute Gasteiger partial charge is 0.467 e. The summed E-state index contributed by atoms with van der Waals surface area (Å²) in [5, 5.41) is 2.60. The first-order valence-corrected chi connectivity index (χ1v) is 8.00. The predicted molar refractivity (Wildman–Crippen MR) is 76.8 cm³/mol. The van der Waals surface area contributed by atoms with E-state index in [-0.39, 0.29) is 30.3 Å². The maximum absolute atomic E-state index is 12.8. The number of benzene rings is 1. The van der Waals surface area contributed by atoms with E-state index in [9.17, 15) is 17.6 Å². The molecule has 0 saturated heterocycles. The highest BCUT2D eigenvalue weighted by molar-refractivity contribution is 7.89. The van der Waals surface area contributed by atoms with Gasteiger partial charge in [-0.15, -0.1) is 0 Å². The molecule has 6 nitrogen and oxygen atoms in total. The van der Waals surface area contributed by atoms with E-state index in [0.717, 1.165) is 24.3 Å². The van der Waals surface area contributed by atoms with E-state index in [1.807, 2.05) is 0 Å². The van der Waals surface area contributed by atoms with E-state index < -0.39 is 15.8 Å². The predicted octanol–water partition coefficient (Wildman–Crippen LogP) is 1.40. The topological polar surface area (TPSA) is 88.4 Å². The normalized spacial score (nSPS) is 11.3. The van der Waals surface area contributed by atoms with Gasteiger partial charge in [0.25, 0.3) is 0 Å². The SMILES string of the molecule is O=C(CCNS(=O)(=O)c1ccc(F)cc1)NCc1ccco1. The Morgan fingerprint density at radius 2 is 1.91 bits per heavy atom. The van der Waals surface area contributed by atoms with Gasteiger partial charge in [0.15, 0.2) is 0 Å². The Hall–Kier alpha value is -2.19. The Kier molecular flexibility index (Phi) is 5.29. The molecular weight excluding hydrogens is 311 g/mol. The fraction of sp³-hybridized carbons (Fsp3) is 0.214. The van der Waals surface area contributed by atoms with Crippen molar-refractivity contribution in [3.8, 4) is 0 Å². The molecule has 0 bridgehead atoms. The van der Waals surface area contributed by atoms with Gasteiger partial charge in [-0.25, -0.2) is 17.5 Å². The molecule has 118 valence electrons. The van der Waals surface area contributed by atoms with Crippen molar-refractivity contribution < 1.29 is 22.0 Å². The Morgan fingerprint density at radius 1 is 1.18 bits per heavy atom. The first-order chi connectivity index (χ1) is 10.5. The second-order valence-corrected chi connectivity index (χ2v) is 6.22. The summed E-state index contributed by atoms with van der Waals surface area (Å²) in [5.74, 6) is -0.213. The van der Waals surface area contributed by atoms with E-state index in [0.29, 0.717) is 5.76 Å². The van der Waals surface area contributed by atoms with Gasteiger partial charge in [-0.05, 0) is 36.4 Å². The van der Waals surface area contributed by atoms with Crippen molar-refractivity contribution >= 4 is 15.9 Å². The third kappa shape index (κ3) is 4.68. The number of rotatable bonds is 7. The molecule has 8 heteroatoms. The minimum Gasteiger partial charge on any atom is -0.467 e. The van der Waals surface area contributed by atoms with Gasteiger partial charge < -0.3 is 9.73 Å². The molecule has 0 aliphatic carbocycles. The minimum atomic E-state index is -3.75. The van der Waals surface area contributed by atoms with Crippen LogP contribution in [0.1, 0.15) is 12.2 Å². The molecule has 0 saturated carbocycles. The molecule has 1 amide bonds. The molecule has 2 aromatic rings. The Labute approximate surface area is 127 Å².